The molecule has 1 N–H and O–H groups in total. The molecule has 7 nitrogen and oxygen atoms in total. The van der Waals surface area contributed by atoms with Crippen LogP contribution in [0.2, 0.25) is 0 Å². The average molecular weight is 317 g/mol. The van der Waals surface area contributed by atoms with Crippen LogP contribution >= 0.6 is 0 Å². The molecule has 1 aromatic heterocycles. The first kappa shape index (κ1) is 16.7. The van der Waals surface area contributed by atoms with Crippen LogP contribution in [0.15, 0.2) is 36.4 Å². The number of ether oxygens (including phenoxy) is 1. The highest BCUT2D eigenvalue weighted by Gasteiger charge is 2.21. The summed E-state index contributed by atoms with van der Waals surface area (Å²) in [4.78, 5) is 24.7. The number of carbonyl (C=O) groups is 2. The van der Waals surface area contributed by atoms with E-state index in [1.54, 1.807) is 10.7 Å². The summed E-state index contributed by atoms with van der Waals surface area (Å²) >= 11 is 0. The van der Waals surface area contributed by atoms with Gasteiger partial charge >= 0.3 is 5.97 Å². The van der Waals surface area contributed by atoms with E-state index in [0.29, 0.717) is 0 Å². The van der Waals surface area contributed by atoms with Crippen LogP contribution in [0.4, 0.5) is 0 Å². The van der Waals surface area contributed by atoms with E-state index in [0.717, 1.165) is 11.4 Å². The molecule has 0 aliphatic rings. The van der Waals surface area contributed by atoms with Crippen molar-refractivity contribution in [2.45, 2.75) is 6.92 Å². The molecule has 0 aliphatic heterocycles. The summed E-state index contributed by atoms with van der Waals surface area (Å²) in [5, 5.41) is 13.3. The van der Waals surface area contributed by atoms with E-state index in [9.17, 15) is 9.59 Å². The van der Waals surface area contributed by atoms with E-state index in [2.05, 4.69) is 5.10 Å². The molecule has 0 radical (unpaired) electrons. The quantitative estimate of drug-likeness (QED) is 0.833. The van der Waals surface area contributed by atoms with Crippen molar-refractivity contribution in [3.05, 3.63) is 47.8 Å². The predicted octanol–water partition coefficient (Wildman–Crippen LogP) is 1.35. The molecule has 2 rings (SSSR count). The van der Waals surface area contributed by atoms with E-state index >= 15 is 0 Å². The third-order valence-corrected chi connectivity index (χ3v) is 3.29. The average Bonchev–Trinajstić information content (AvgIpc) is 2.93. The Morgan fingerprint density at radius 3 is 2.61 bits per heavy atom. The summed E-state index contributed by atoms with van der Waals surface area (Å²) in [5.41, 5.74) is 1.84. The molecule has 0 atom stereocenters. The first-order chi connectivity index (χ1) is 11.0. The van der Waals surface area contributed by atoms with Crippen molar-refractivity contribution in [1.29, 1.82) is 0 Å². The third kappa shape index (κ3) is 4.17. The predicted molar refractivity (Wildman–Crippen MR) is 83.7 cm³/mol. The summed E-state index contributed by atoms with van der Waals surface area (Å²) in [6.07, 6.45) is 0. The molecule has 0 bridgehead atoms. The van der Waals surface area contributed by atoms with E-state index in [1.807, 2.05) is 37.3 Å². The van der Waals surface area contributed by atoms with Gasteiger partial charge < -0.3 is 14.7 Å². The maximum atomic E-state index is 12.5. The first-order valence-corrected chi connectivity index (χ1v) is 7.15. The molecule has 0 aliphatic carbocycles. The largest absolute Gasteiger partial charge is 0.480 e. The Balaban J connectivity index is 2.26. The maximum Gasteiger partial charge on any atom is 0.323 e. The first-order valence-electron chi connectivity index (χ1n) is 7.15. The molecule has 1 heterocycles. The van der Waals surface area contributed by atoms with Crippen molar-refractivity contribution < 1.29 is 19.4 Å². The molecule has 0 fully saturated rings. The summed E-state index contributed by atoms with van der Waals surface area (Å²) < 4.78 is 6.58. The normalized spacial score (nSPS) is 10.5. The Hall–Kier alpha value is -2.67. The van der Waals surface area contributed by atoms with Gasteiger partial charge in [0.25, 0.3) is 5.91 Å². The van der Waals surface area contributed by atoms with Crippen LogP contribution in [0.5, 0.6) is 0 Å². The number of aromatic nitrogens is 2. The Morgan fingerprint density at radius 1 is 1.30 bits per heavy atom. The van der Waals surface area contributed by atoms with Gasteiger partial charge in [0.05, 0.1) is 12.3 Å². The smallest absolute Gasteiger partial charge is 0.323 e. The fourth-order valence-electron chi connectivity index (χ4n) is 2.19. The Bertz CT molecular complexity index is 682. The van der Waals surface area contributed by atoms with E-state index in [1.165, 1.54) is 12.0 Å². The van der Waals surface area contributed by atoms with Gasteiger partial charge in [0.1, 0.15) is 6.54 Å². The summed E-state index contributed by atoms with van der Waals surface area (Å²) in [5.74, 6) is -1.50. The fourth-order valence-corrected chi connectivity index (χ4v) is 2.19. The van der Waals surface area contributed by atoms with Gasteiger partial charge in [0.2, 0.25) is 0 Å². The highest BCUT2D eigenvalue weighted by molar-refractivity contribution is 5.94. The van der Waals surface area contributed by atoms with Gasteiger partial charge in [-0.05, 0) is 25.1 Å². The van der Waals surface area contributed by atoms with Crippen LogP contribution in [0.3, 0.4) is 0 Å². The zero-order valence-electron chi connectivity index (χ0n) is 13.1. The Morgan fingerprint density at radius 2 is 2.00 bits per heavy atom. The number of amides is 1. The molecule has 122 valence electrons. The summed E-state index contributed by atoms with van der Waals surface area (Å²) in [6.45, 7) is 1.91. The number of carbonyl (C=O) groups excluding carboxylic acids is 1. The van der Waals surface area contributed by atoms with Gasteiger partial charge in [-0.1, -0.05) is 18.2 Å². The van der Waals surface area contributed by atoms with E-state index in [-0.39, 0.29) is 25.4 Å². The highest BCUT2D eigenvalue weighted by Crippen LogP contribution is 2.13. The third-order valence-electron chi connectivity index (χ3n) is 3.29. The van der Waals surface area contributed by atoms with Gasteiger partial charge in [0, 0.05) is 19.3 Å². The number of carboxylic acids is 1. The van der Waals surface area contributed by atoms with Gasteiger partial charge in [-0.2, -0.15) is 5.10 Å². The molecular weight excluding hydrogens is 298 g/mol. The lowest BCUT2D eigenvalue weighted by Gasteiger charge is -2.18. The van der Waals surface area contributed by atoms with Crippen LogP contribution in [0, 0.1) is 6.92 Å². The molecule has 2 aromatic rings. The monoisotopic (exact) mass is 317 g/mol. The second kappa shape index (κ2) is 7.55. The minimum Gasteiger partial charge on any atom is -0.480 e. The van der Waals surface area contributed by atoms with Gasteiger partial charge in [-0.25, -0.2) is 4.68 Å². The fraction of sp³-hybridized carbons (Fsp3) is 0.312. The molecule has 7 heteroatoms. The molecular formula is C16H19N3O4. The summed E-state index contributed by atoms with van der Waals surface area (Å²) in [7, 11) is 1.50. The zero-order valence-corrected chi connectivity index (χ0v) is 13.1. The number of hydrogen-bond acceptors (Lipinski definition) is 4. The van der Waals surface area contributed by atoms with Crippen molar-refractivity contribution in [3.8, 4) is 5.69 Å². The van der Waals surface area contributed by atoms with Gasteiger partial charge in [0.15, 0.2) is 5.69 Å². The molecule has 0 spiro atoms. The van der Waals surface area contributed by atoms with Crippen LogP contribution in [-0.2, 0) is 9.53 Å². The van der Waals surface area contributed by atoms with E-state index < -0.39 is 11.9 Å². The highest BCUT2D eigenvalue weighted by atomic mass is 16.5. The SMILES string of the molecule is COCCN(CC(=O)O)C(=O)c1cc(C)n(-c2ccccc2)n1. The lowest BCUT2D eigenvalue weighted by atomic mass is 10.3. The summed E-state index contributed by atoms with van der Waals surface area (Å²) in [6, 6.07) is 11.1. The minimum absolute atomic E-state index is 0.193. The number of hydrogen-bond donors (Lipinski definition) is 1. The van der Waals surface area contributed by atoms with Crippen LogP contribution < -0.4 is 0 Å². The second-order valence-electron chi connectivity index (χ2n) is 5.03. The molecule has 0 unspecified atom stereocenters. The van der Waals surface area contributed by atoms with Crippen molar-refractivity contribution in [3.63, 3.8) is 0 Å². The Labute approximate surface area is 134 Å². The molecule has 1 amide bonds. The molecule has 0 saturated heterocycles. The molecule has 0 saturated carbocycles. The van der Waals surface area contributed by atoms with Crippen molar-refractivity contribution in [2.24, 2.45) is 0 Å². The number of benzene rings is 1. The number of rotatable bonds is 7. The second-order valence-corrected chi connectivity index (χ2v) is 5.03. The number of methoxy groups -OCH3 is 1. The molecule has 1 aromatic carbocycles. The van der Waals surface area contributed by atoms with Crippen molar-refractivity contribution in [1.82, 2.24) is 14.7 Å². The van der Waals surface area contributed by atoms with Gasteiger partial charge in [-0.3, -0.25) is 9.59 Å². The number of aliphatic carboxylic acids is 1. The van der Waals surface area contributed by atoms with Crippen molar-refractivity contribution >= 4 is 11.9 Å². The maximum absolute atomic E-state index is 12.5. The standard InChI is InChI=1S/C16H19N3O4/c1-12-10-14(17-19(12)13-6-4-3-5-7-13)16(22)18(8-9-23-2)11-15(20)21/h3-7,10H,8-9,11H2,1-2H3,(H,20,21). The number of aryl methyl sites for hydroxylation is 1. The Kier molecular flexibility index (Phi) is 5.48. The van der Waals surface area contributed by atoms with Crippen LogP contribution in [0.25, 0.3) is 5.69 Å². The van der Waals surface area contributed by atoms with E-state index in [4.69, 9.17) is 9.84 Å². The molecule has 23 heavy (non-hydrogen) atoms. The lowest BCUT2D eigenvalue weighted by molar-refractivity contribution is -0.137. The van der Waals surface area contributed by atoms with Crippen LogP contribution in [0.1, 0.15) is 16.2 Å². The minimum atomic E-state index is -1.08. The zero-order chi connectivity index (χ0) is 16.8. The number of carboxylic acid groups (broad SMARTS) is 1. The van der Waals surface area contributed by atoms with Crippen LogP contribution in [-0.4, -0.2) is 58.5 Å². The number of nitrogens with zero attached hydrogens (tertiary/aromatic N) is 3. The van der Waals surface area contributed by atoms with Crippen molar-refractivity contribution in [2.75, 3.05) is 26.8 Å². The van der Waals surface area contributed by atoms with Gasteiger partial charge in [-0.15, -0.1) is 0 Å². The lowest BCUT2D eigenvalue weighted by Crippen LogP contribution is -2.38. The topological polar surface area (TPSA) is 84.7 Å². The number of para-hydroxylation sites is 1.